The smallest absolute Gasteiger partial charge is 0.257 e. The highest BCUT2D eigenvalue weighted by Crippen LogP contribution is 2.42. The van der Waals surface area contributed by atoms with E-state index in [4.69, 9.17) is 36.7 Å². The van der Waals surface area contributed by atoms with Gasteiger partial charge in [-0.3, -0.25) is 4.79 Å². The molecular formula is C25H37N5O6S. The summed E-state index contributed by atoms with van der Waals surface area (Å²) in [5, 5.41) is 26.6. The van der Waals surface area contributed by atoms with Crippen LogP contribution in [0.1, 0.15) is 28.2 Å². The SMILES string of the molecule is C.[C-]#[N+]c1c(N=Nc2ccc(N(CCOCCO)CCOCCOCCO)cc2C)sc(C(N)=O)c1C. The molecule has 0 spiro atoms. The third-order valence-corrected chi connectivity index (χ3v) is 6.26. The average Bonchev–Trinajstić information content (AvgIpc) is 3.19. The van der Waals surface area contributed by atoms with Crippen molar-refractivity contribution in [3.8, 4) is 0 Å². The van der Waals surface area contributed by atoms with Crippen molar-refractivity contribution in [3.63, 3.8) is 0 Å². The monoisotopic (exact) mass is 535 g/mol. The molecule has 0 saturated carbocycles. The number of nitrogens with zero attached hydrogens (tertiary/aromatic N) is 4. The lowest BCUT2D eigenvalue weighted by molar-refractivity contribution is 0.0347. The molecule has 1 amide bonds. The molecule has 0 aliphatic heterocycles. The van der Waals surface area contributed by atoms with Gasteiger partial charge in [0.25, 0.3) is 5.91 Å². The number of ether oxygens (including phenoxy) is 3. The normalized spacial score (nSPS) is 10.9. The number of hydrogen-bond acceptors (Lipinski definition) is 10. The van der Waals surface area contributed by atoms with E-state index in [1.54, 1.807) is 6.92 Å². The van der Waals surface area contributed by atoms with E-state index in [-0.39, 0.29) is 39.5 Å². The summed E-state index contributed by atoms with van der Waals surface area (Å²) in [6.45, 7) is 14.5. The van der Waals surface area contributed by atoms with Crippen LogP contribution >= 0.6 is 11.3 Å². The first-order chi connectivity index (χ1) is 17.4. The minimum Gasteiger partial charge on any atom is -0.394 e. The molecule has 1 heterocycles. The van der Waals surface area contributed by atoms with Crippen molar-refractivity contribution in [3.05, 3.63) is 45.6 Å². The van der Waals surface area contributed by atoms with Gasteiger partial charge in [0.05, 0.1) is 70.0 Å². The quantitative estimate of drug-likeness (QED) is 0.158. The largest absolute Gasteiger partial charge is 0.394 e. The third kappa shape index (κ3) is 10.2. The summed E-state index contributed by atoms with van der Waals surface area (Å²) in [4.78, 5) is 17.5. The van der Waals surface area contributed by atoms with Crippen molar-refractivity contribution in [1.29, 1.82) is 0 Å². The molecule has 0 aliphatic rings. The number of rotatable bonds is 17. The lowest BCUT2D eigenvalue weighted by Crippen LogP contribution is -2.31. The molecule has 0 aliphatic carbocycles. The number of nitrogens with two attached hydrogens (primary N) is 1. The summed E-state index contributed by atoms with van der Waals surface area (Å²) in [5.41, 5.74) is 8.66. The molecule has 0 fully saturated rings. The molecule has 0 bridgehead atoms. The standard InChI is InChI=1S/C24H33N5O6S.CH4/c1-17-16-19(29(6-10-33-12-8-30)7-11-34-14-15-35-13-9-31)4-5-20(17)27-28-24-21(26-3)18(2)22(36-24)23(25)32;/h4-5,16,30-31H,6-15H2,1-2H3,(H2,25,32);1H4. The predicted octanol–water partition coefficient (Wildman–Crippen LogP) is 3.91. The fraction of sp³-hybridized carbons (Fsp3) is 0.520. The van der Waals surface area contributed by atoms with Crippen LogP contribution in [-0.4, -0.2) is 82.1 Å². The van der Waals surface area contributed by atoms with Crippen LogP contribution in [-0.2, 0) is 14.2 Å². The number of anilines is 1. The van der Waals surface area contributed by atoms with E-state index in [2.05, 4.69) is 20.0 Å². The van der Waals surface area contributed by atoms with Crippen molar-refractivity contribution >= 4 is 39.3 Å². The predicted molar refractivity (Wildman–Crippen MR) is 145 cm³/mol. The second-order valence-corrected chi connectivity index (χ2v) is 8.63. The number of amides is 1. The fourth-order valence-electron chi connectivity index (χ4n) is 3.24. The van der Waals surface area contributed by atoms with E-state index >= 15 is 0 Å². The van der Waals surface area contributed by atoms with Crippen molar-refractivity contribution < 1.29 is 29.2 Å². The molecular weight excluding hydrogens is 498 g/mol. The molecule has 11 nitrogen and oxygen atoms in total. The van der Waals surface area contributed by atoms with Gasteiger partial charge in [0.15, 0.2) is 0 Å². The number of aliphatic hydroxyl groups excluding tert-OH is 2. The van der Waals surface area contributed by atoms with E-state index < -0.39 is 5.91 Å². The van der Waals surface area contributed by atoms with Gasteiger partial charge in [0.2, 0.25) is 5.69 Å². The highest BCUT2D eigenvalue weighted by atomic mass is 32.1. The summed E-state index contributed by atoms with van der Waals surface area (Å²) in [5.74, 6) is -0.589. The Labute approximate surface area is 222 Å². The number of primary amides is 1. The Morgan fingerprint density at radius 3 is 2.16 bits per heavy atom. The number of aryl methyl sites for hydroxylation is 1. The Morgan fingerprint density at radius 1 is 1.03 bits per heavy atom. The lowest BCUT2D eigenvalue weighted by atomic mass is 10.1. The van der Waals surface area contributed by atoms with Crippen LogP contribution in [0.3, 0.4) is 0 Å². The first-order valence-electron chi connectivity index (χ1n) is 11.5. The first kappa shape index (κ1) is 32.1. The Morgan fingerprint density at radius 2 is 1.62 bits per heavy atom. The number of carbonyl (C=O) groups is 1. The molecule has 12 heteroatoms. The van der Waals surface area contributed by atoms with Gasteiger partial charge in [-0.1, -0.05) is 7.43 Å². The van der Waals surface area contributed by atoms with E-state index in [0.29, 0.717) is 60.6 Å². The molecule has 1 aromatic carbocycles. The number of aliphatic hydroxyl groups is 2. The lowest BCUT2D eigenvalue weighted by Gasteiger charge is -2.25. The summed E-state index contributed by atoms with van der Waals surface area (Å²) < 4.78 is 16.3. The van der Waals surface area contributed by atoms with Gasteiger partial charge < -0.3 is 35.1 Å². The first-order valence-corrected chi connectivity index (χ1v) is 12.3. The van der Waals surface area contributed by atoms with Crippen molar-refractivity contribution in [2.24, 2.45) is 16.0 Å². The zero-order valence-corrected chi connectivity index (χ0v) is 21.4. The third-order valence-electron chi connectivity index (χ3n) is 5.08. The summed E-state index contributed by atoms with van der Waals surface area (Å²) in [7, 11) is 0. The van der Waals surface area contributed by atoms with Crippen LogP contribution in [0.4, 0.5) is 22.1 Å². The van der Waals surface area contributed by atoms with Gasteiger partial charge in [-0.25, -0.2) is 4.85 Å². The van der Waals surface area contributed by atoms with Crippen molar-refractivity contribution in [2.45, 2.75) is 21.3 Å². The molecule has 1 aromatic heterocycles. The number of thiophene rings is 1. The molecule has 37 heavy (non-hydrogen) atoms. The number of benzene rings is 1. The van der Waals surface area contributed by atoms with Crippen molar-refractivity contribution in [1.82, 2.24) is 0 Å². The second kappa shape index (κ2) is 17.5. The topological polar surface area (TPSA) is 144 Å². The Kier molecular flexibility index (Phi) is 15.2. The van der Waals surface area contributed by atoms with E-state index in [9.17, 15) is 4.79 Å². The summed E-state index contributed by atoms with van der Waals surface area (Å²) >= 11 is 1.06. The molecule has 2 aromatic rings. The van der Waals surface area contributed by atoms with Crippen molar-refractivity contribution in [2.75, 3.05) is 70.8 Å². The highest BCUT2D eigenvalue weighted by Gasteiger charge is 2.18. The van der Waals surface area contributed by atoms with E-state index in [1.807, 2.05) is 25.1 Å². The van der Waals surface area contributed by atoms with Crippen LogP contribution in [0.5, 0.6) is 0 Å². The maximum atomic E-state index is 11.6. The highest BCUT2D eigenvalue weighted by molar-refractivity contribution is 7.18. The number of azo groups is 1. The molecule has 204 valence electrons. The summed E-state index contributed by atoms with van der Waals surface area (Å²) in [6.07, 6.45) is 0. The van der Waals surface area contributed by atoms with Crippen LogP contribution in [0, 0.1) is 20.4 Å². The minimum atomic E-state index is -0.589. The van der Waals surface area contributed by atoms with E-state index in [0.717, 1.165) is 22.6 Å². The summed E-state index contributed by atoms with van der Waals surface area (Å²) in [6, 6.07) is 5.74. The number of hydrogen-bond donors (Lipinski definition) is 3. The van der Waals surface area contributed by atoms with Gasteiger partial charge in [-0.2, -0.15) is 10.2 Å². The Bertz CT molecular complexity index is 1050. The van der Waals surface area contributed by atoms with Gasteiger partial charge in [-0.05, 0) is 43.2 Å². The minimum absolute atomic E-state index is 0. The maximum Gasteiger partial charge on any atom is 0.257 e. The zero-order valence-electron chi connectivity index (χ0n) is 20.6. The number of carbonyl (C=O) groups excluding carboxylic acids is 1. The van der Waals surface area contributed by atoms with Gasteiger partial charge in [-0.15, -0.1) is 11.3 Å². The molecule has 0 atom stereocenters. The maximum absolute atomic E-state index is 11.6. The molecule has 0 saturated heterocycles. The fourth-order valence-corrected chi connectivity index (χ4v) is 4.17. The molecule has 4 N–H and O–H groups in total. The Balaban J connectivity index is 0.00000684. The molecule has 0 unspecified atom stereocenters. The van der Waals surface area contributed by atoms with Crippen LogP contribution in [0.25, 0.3) is 4.85 Å². The second-order valence-electron chi connectivity index (χ2n) is 7.63. The average molecular weight is 536 g/mol. The van der Waals surface area contributed by atoms with Gasteiger partial charge in [0.1, 0.15) is 5.00 Å². The van der Waals surface area contributed by atoms with Gasteiger partial charge in [0, 0.05) is 18.8 Å². The van der Waals surface area contributed by atoms with Gasteiger partial charge >= 0.3 is 0 Å². The van der Waals surface area contributed by atoms with Crippen LogP contribution in [0.15, 0.2) is 28.4 Å². The zero-order chi connectivity index (χ0) is 26.3. The van der Waals surface area contributed by atoms with E-state index in [1.165, 1.54) is 0 Å². The molecule has 2 rings (SSSR count). The molecule has 0 radical (unpaired) electrons. The Hall–Kier alpha value is -2.92. The van der Waals surface area contributed by atoms with Crippen LogP contribution < -0.4 is 10.6 Å². The van der Waals surface area contributed by atoms with Crippen LogP contribution in [0.2, 0.25) is 0 Å².